The molecule has 3 rings (SSSR count). The minimum absolute atomic E-state index is 0.0821. The zero-order valence-corrected chi connectivity index (χ0v) is 16.2. The number of hydrogen-bond donors (Lipinski definition) is 0. The number of methoxy groups -OCH3 is 2. The molecule has 0 aromatic heterocycles. The topological polar surface area (TPSA) is 72.9 Å². The molecule has 2 aromatic rings. The molecular weight excluding hydrogens is 366 g/mol. The van der Waals surface area contributed by atoms with Crippen LogP contribution in [0.25, 0.3) is 0 Å². The highest BCUT2D eigenvalue weighted by molar-refractivity contribution is 7.91. The molecule has 0 bridgehead atoms. The summed E-state index contributed by atoms with van der Waals surface area (Å²) >= 11 is 0. The van der Waals surface area contributed by atoms with Gasteiger partial charge in [-0.25, -0.2) is 8.42 Å². The Labute approximate surface area is 159 Å². The van der Waals surface area contributed by atoms with E-state index in [2.05, 4.69) is 0 Å². The van der Waals surface area contributed by atoms with Gasteiger partial charge in [0, 0.05) is 18.7 Å². The number of likely N-dealkylation sites (tertiary alicyclic amines) is 1. The van der Waals surface area contributed by atoms with Crippen LogP contribution in [0.15, 0.2) is 53.4 Å². The van der Waals surface area contributed by atoms with Gasteiger partial charge in [0.05, 0.1) is 30.4 Å². The molecule has 7 heteroatoms. The number of amides is 1. The number of nitrogens with zero attached hydrogens (tertiary/aromatic N) is 1. The molecule has 0 aliphatic carbocycles. The fourth-order valence-corrected chi connectivity index (χ4v) is 5.00. The zero-order valence-electron chi connectivity index (χ0n) is 15.4. The average Bonchev–Trinajstić information content (AvgIpc) is 3.15. The van der Waals surface area contributed by atoms with Crippen LogP contribution < -0.4 is 9.47 Å². The lowest BCUT2D eigenvalue weighted by Crippen LogP contribution is -2.39. The fraction of sp³-hybridized carbons (Fsp3) is 0.350. The lowest BCUT2D eigenvalue weighted by atomic mass is 10.1. The van der Waals surface area contributed by atoms with Crippen LogP contribution in [0.1, 0.15) is 23.2 Å². The molecule has 0 spiro atoms. The van der Waals surface area contributed by atoms with Gasteiger partial charge in [-0.15, -0.1) is 0 Å². The van der Waals surface area contributed by atoms with E-state index in [1.165, 1.54) is 7.11 Å². The molecule has 1 unspecified atom stereocenters. The number of sulfone groups is 1. The molecule has 1 heterocycles. The van der Waals surface area contributed by atoms with Gasteiger partial charge in [0.25, 0.3) is 5.91 Å². The summed E-state index contributed by atoms with van der Waals surface area (Å²) in [4.78, 5) is 15.0. The molecule has 1 amide bonds. The van der Waals surface area contributed by atoms with Gasteiger partial charge < -0.3 is 14.4 Å². The minimum atomic E-state index is -3.46. The van der Waals surface area contributed by atoms with Gasteiger partial charge in [0.1, 0.15) is 11.5 Å². The molecule has 1 aliphatic heterocycles. The molecule has 6 nitrogen and oxygen atoms in total. The summed E-state index contributed by atoms with van der Waals surface area (Å²) in [5.41, 5.74) is 0.405. The van der Waals surface area contributed by atoms with Crippen molar-refractivity contribution in [3.63, 3.8) is 0 Å². The normalized spacial score (nSPS) is 17.0. The summed E-state index contributed by atoms with van der Waals surface area (Å²) < 4.78 is 35.9. The van der Waals surface area contributed by atoms with E-state index in [0.717, 1.165) is 6.42 Å². The standard InChI is InChI=1S/C20H23NO5S/c1-25-16-10-11-18(19(13-16)26-2)20(22)21-12-6-7-15(21)14-27(23,24)17-8-4-3-5-9-17/h3-5,8-11,13,15H,6-7,12,14H2,1-2H3. The number of carbonyl (C=O) groups excluding carboxylic acids is 1. The monoisotopic (exact) mass is 389 g/mol. The number of ether oxygens (including phenoxy) is 2. The Balaban J connectivity index is 1.83. The van der Waals surface area contributed by atoms with Crippen molar-refractivity contribution in [1.82, 2.24) is 4.90 Å². The predicted molar refractivity (Wildman–Crippen MR) is 102 cm³/mol. The second kappa shape index (κ2) is 8.00. The second-order valence-corrected chi connectivity index (χ2v) is 8.49. The average molecular weight is 389 g/mol. The highest BCUT2D eigenvalue weighted by Crippen LogP contribution is 2.29. The van der Waals surface area contributed by atoms with Gasteiger partial charge in [-0.1, -0.05) is 18.2 Å². The SMILES string of the molecule is COc1ccc(C(=O)N2CCCC2CS(=O)(=O)c2ccccc2)c(OC)c1. The van der Waals surface area contributed by atoms with E-state index in [1.54, 1.807) is 60.5 Å². The Morgan fingerprint density at radius 3 is 2.52 bits per heavy atom. The molecule has 1 atom stereocenters. The quantitative estimate of drug-likeness (QED) is 0.760. The van der Waals surface area contributed by atoms with Crippen molar-refractivity contribution in [2.75, 3.05) is 26.5 Å². The number of carbonyl (C=O) groups is 1. The van der Waals surface area contributed by atoms with Crippen molar-refractivity contribution in [2.24, 2.45) is 0 Å². The van der Waals surface area contributed by atoms with Crippen molar-refractivity contribution >= 4 is 15.7 Å². The molecule has 0 N–H and O–H groups in total. The maximum atomic E-state index is 13.1. The first-order chi connectivity index (χ1) is 13.0. The first-order valence-corrected chi connectivity index (χ1v) is 10.4. The number of benzene rings is 2. The van der Waals surface area contributed by atoms with E-state index in [4.69, 9.17) is 9.47 Å². The van der Waals surface area contributed by atoms with Crippen molar-refractivity contribution in [3.8, 4) is 11.5 Å². The van der Waals surface area contributed by atoms with Crippen LogP contribution in [0.3, 0.4) is 0 Å². The van der Waals surface area contributed by atoms with E-state index in [0.29, 0.717) is 30.0 Å². The van der Waals surface area contributed by atoms with Crippen LogP contribution in [0.4, 0.5) is 0 Å². The molecule has 1 aliphatic rings. The first kappa shape index (κ1) is 19.2. The van der Waals surface area contributed by atoms with E-state index in [-0.39, 0.29) is 22.6 Å². The summed E-state index contributed by atoms with van der Waals surface area (Å²) in [7, 11) is -0.428. The van der Waals surface area contributed by atoms with Gasteiger partial charge in [-0.05, 0) is 37.1 Å². The van der Waals surface area contributed by atoms with Crippen molar-refractivity contribution in [1.29, 1.82) is 0 Å². The number of hydrogen-bond acceptors (Lipinski definition) is 5. The minimum Gasteiger partial charge on any atom is -0.497 e. The molecule has 144 valence electrons. The molecule has 2 aromatic carbocycles. The van der Waals surface area contributed by atoms with Crippen molar-refractivity contribution in [3.05, 3.63) is 54.1 Å². The maximum Gasteiger partial charge on any atom is 0.257 e. The third-order valence-electron chi connectivity index (χ3n) is 4.79. The zero-order chi connectivity index (χ0) is 19.4. The Hall–Kier alpha value is -2.54. The smallest absolute Gasteiger partial charge is 0.257 e. The third kappa shape index (κ3) is 4.08. The summed E-state index contributed by atoms with van der Waals surface area (Å²) in [6, 6.07) is 13.0. The van der Waals surface area contributed by atoms with Crippen LogP contribution in [0, 0.1) is 0 Å². The van der Waals surface area contributed by atoms with Gasteiger partial charge in [0.2, 0.25) is 0 Å². The second-order valence-electron chi connectivity index (χ2n) is 6.46. The summed E-state index contributed by atoms with van der Waals surface area (Å²) in [5.74, 6) is 0.700. The van der Waals surface area contributed by atoms with E-state index in [9.17, 15) is 13.2 Å². The highest BCUT2D eigenvalue weighted by atomic mass is 32.2. The molecule has 0 radical (unpaired) electrons. The third-order valence-corrected chi connectivity index (χ3v) is 6.61. The van der Waals surface area contributed by atoms with Crippen molar-refractivity contribution in [2.45, 2.75) is 23.8 Å². The van der Waals surface area contributed by atoms with E-state index in [1.807, 2.05) is 0 Å². The summed E-state index contributed by atoms with van der Waals surface area (Å²) in [5, 5.41) is 0. The van der Waals surface area contributed by atoms with Gasteiger partial charge >= 0.3 is 0 Å². The molecule has 1 saturated heterocycles. The molecule has 1 fully saturated rings. The van der Waals surface area contributed by atoms with E-state index < -0.39 is 9.84 Å². The van der Waals surface area contributed by atoms with E-state index >= 15 is 0 Å². The summed E-state index contributed by atoms with van der Waals surface area (Å²) in [6.45, 7) is 0.531. The Morgan fingerprint density at radius 1 is 1.11 bits per heavy atom. The van der Waals surface area contributed by atoms with Crippen LogP contribution in [0.5, 0.6) is 11.5 Å². The fourth-order valence-electron chi connectivity index (χ4n) is 3.38. The molecular formula is C20H23NO5S. The highest BCUT2D eigenvalue weighted by Gasteiger charge is 2.34. The van der Waals surface area contributed by atoms with Crippen molar-refractivity contribution < 1.29 is 22.7 Å². The van der Waals surface area contributed by atoms with Crippen LogP contribution in [-0.4, -0.2) is 51.8 Å². The largest absolute Gasteiger partial charge is 0.497 e. The molecule has 0 saturated carbocycles. The van der Waals surface area contributed by atoms with Crippen LogP contribution in [0.2, 0.25) is 0 Å². The van der Waals surface area contributed by atoms with Gasteiger partial charge in [0.15, 0.2) is 9.84 Å². The Morgan fingerprint density at radius 2 is 1.85 bits per heavy atom. The Bertz CT molecular complexity index is 911. The Kier molecular flexibility index (Phi) is 5.70. The van der Waals surface area contributed by atoms with Gasteiger partial charge in [-0.3, -0.25) is 4.79 Å². The van der Waals surface area contributed by atoms with Crippen LogP contribution in [-0.2, 0) is 9.84 Å². The lowest BCUT2D eigenvalue weighted by Gasteiger charge is -2.25. The maximum absolute atomic E-state index is 13.1. The summed E-state index contributed by atoms with van der Waals surface area (Å²) in [6.07, 6.45) is 1.44. The van der Waals surface area contributed by atoms with Crippen LogP contribution >= 0.6 is 0 Å². The predicted octanol–water partition coefficient (Wildman–Crippen LogP) is 2.78. The lowest BCUT2D eigenvalue weighted by molar-refractivity contribution is 0.0746. The first-order valence-electron chi connectivity index (χ1n) is 8.77. The van der Waals surface area contributed by atoms with Gasteiger partial charge in [-0.2, -0.15) is 0 Å². The number of rotatable bonds is 6. The molecule has 27 heavy (non-hydrogen) atoms.